The van der Waals surface area contributed by atoms with Crippen LogP contribution in [-0.2, 0) is 16.0 Å². The number of hydrogen-bond acceptors (Lipinski definition) is 2. The monoisotopic (exact) mass is 318 g/mol. The maximum absolute atomic E-state index is 12.3. The SMILES string of the molecule is CCCNC(=O)C[NH+](C)CC(=O)N[C@H]1CCCc2ccccc21. The van der Waals surface area contributed by atoms with Crippen LogP contribution in [0, 0.1) is 0 Å². The van der Waals surface area contributed by atoms with Crippen LogP contribution in [0.25, 0.3) is 0 Å². The molecule has 5 heteroatoms. The summed E-state index contributed by atoms with van der Waals surface area (Å²) in [5, 5.41) is 5.97. The van der Waals surface area contributed by atoms with Gasteiger partial charge in [-0.15, -0.1) is 0 Å². The third-order valence-corrected chi connectivity index (χ3v) is 4.20. The molecule has 23 heavy (non-hydrogen) atoms. The number of quaternary nitrogens is 1. The van der Waals surface area contributed by atoms with E-state index in [2.05, 4.69) is 28.8 Å². The van der Waals surface area contributed by atoms with Crippen LogP contribution in [0.5, 0.6) is 0 Å². The van der Waals surface area contributed by atoms with Crippen molar-refractivity contribution in [2.45, 2.75) is 38.6 Å². The second-order valence-corrected chi connectivity index (χ2v) is 6.37. The Morgan fingerprint density at radius 2 is 1.96 bits per heavy atom. The van der Waals surface area contributed by atoms with E-state index in [1.165, 1.54) is 11.1 Å². The molecule has 0 aliphatic heterocycles. The molecular weight excluding hydrogens is 290 g/mol. The van der Waals surface area contributed by atoms with E-state index in [1.807, 2.05) is 20.0 Å². The predicted molar refractivity (Wildman–Crippen MR) is 90.2 cm³/mol. The molecule has 2 atom stereocenters. The molecule has 5 nitrogen and oxygen atoms in total. The van der Waals surface area contributed by atoms with Gasteiger partial charge in [0.25, 0.3) is 11.8 Å². The van der Waals surface area contributed by atoms with Crippen LogP contribution in [0.15, 0.2) is 24.3 Å². The van der Waals surface area contributed by atoms with Gasteiger partial charge < -0.3 is 15.5 Å². The van der Waals surface area contributed by atoms with Gasteiger partial charge in [0.1, 0.15) is 0 Å². The number of amides is 2. The average Bonchev–Trinajstić information content (AvgIpc) is 2.53. The highest BCUT2D eigenvalue weighted by Gasteiger charge is 2.23. The van der Waals surface area contributed by atoms with E-state index in [9.17, 15) is 9.59 Å². The van der Waals surface area contributed by atoms with Crippen molar-refractivity contribution in [3.63, 3.8) is 0 Å². The first kappa shape index (κ1) is 17.5. The molecule has 2 amide bonds. The van der Waals surface area contributed by atoms with Gasteiger partial charge in [-0.3, -0.25) is 9.59 Å². The number of carbonyl (C=O) groups excluding carboxylic acids is 2. The number of hydrogen-bond donors (Lipinski definition) is 3. The Balaban J connectivity index is 1.82. The van der Waals surface area contributed by atoms with E-state index in [4.69, 9.17) is 0 Å². The maximum atomic E-state index is 12.3. The molecule has 0 spiro atoms. The molecule has 0 aromatic heterocycles. The zero-order chi connectivity index (χ0) is 16.7. The topological polar surface area (TPSA) is 62.6 Å². The minimum atomic E-state index is 0.000150. The zero-order valence-electron chi connectivity index (χ0n) is 14.2. The van der Waals surface area contributed by atoms with Gasteiger partial charge in [0, 0.05) is 6.54 Å². The Hall–Kier alpha value is -1.88. The number of fused-ring (bicyclic) bond motifs is 1. The van der Waals surface area contributed by atoms with E-state index < -0.39 is 0 Å². The Morgan fingerprint density at radius 3 is 2.74 bits per heavy atom. The average molecular weight is 318 g/mol. The molecule has 1 aliphatic carbocycles. The number of benzene rings is 1. The van der Waals surface area contributed by atoms with Crippen molar-refractivity contribution in [2.24, 2.45) is 0 Å². The highest BCUT2D eigenvalue weighted by Crippen LogP contribution is 2.29. The van der Waals surface area contributed by atoms with Crippen molar-refractivity contribution in [3.8, 4) is 0 Å². The minimum absolute atomic E-state index is 0.000150. The van der Waals surface area contributed by atoms with E-state index in [0.29, 0.717) is 19.6 Å². The van der Waals surface area contributed by atoms with E-state index in [1.54, 1.807) is 0 Å². The highest BCUT2D eigenvalue weighted by molar-refractivity contribution is 5.79. The number of nitrogens with one attached hydrogen (secondary N) is 3. The summed E-state index contributed by atoms with van der Waals surface area (Å²) in [6, 6.07) is 8.43. The Kier molecular flexibility index (Phi) is 6.59. The van der Waals surface area contributed by atoms with Gasteiger partial charge >= 0.3 is 0 Å². The fraction of sp³-hybridized carbons (Fsp3) is 0.556. The molecule has 0 saturated carbocycles. The molecule has 2 rings (SSSR count). The first-order valence-corrected chi connectivity index (χ1v) is 8.55. The van der Waals surface area contributed by atoms with E-state index >= 15 is 0 Å². The fourth-order valence-corrected chi connectivity index (χ4v) is 3.09. The molecule has 0 radical (unpaired) electrons. The first-order valence-electron chi connectivity index (χ1n) is 8.55. The van der Waals surface area contributed by atoms with Crippen molar-refractivity contribution < 1.29 is 14.5 Å². The molecule has 0 fully saturated rings. The van der Waals surface area contributed by atoms with Gasteiger partial charge in [0.05, 0.1) is 13.1 Å². The molecule has 1 aromatic carbocycles. The fourth-order valence-electron chi connectivity index (χ4n) is 3.09. The molecule has 1 aliphatic rings. The molecule has 3 N–H and O–H groups in total. The second kappa shape index (κ2) is 8.67. The normalized spacial score (nSPS) is 17.9. The summed E-state index contributed by atoms with van der Waals surface area (Å²) in [5.41, 5.74) is 2.58. The Bertz CT molecular complexity index is 545. The third-order valence-electron chi connectivity index (χ3n) is 4.20. The molecule has 0 saturated heterocycles. The minimum Gasteiger partial charge on any atom is -0.351 e. The van der Waals surface area contributed by atoms with Crippen molar-refractivity contribution in [1.29, 1.82) is 0 Å². The van der Waals surface area contributed by atoms with Crippen LogP contribution < -0.4 is 15.5 Å². The highest BCUT2D eigenvalue weighted by atomic mass is 16.2. The number of rotatable bonds is 7. The van der Waals surface area contributed by atoms with Gasteiger partial charge in [-0.1, -0.05) is 31.2 Å². The molecule has 1 unspecified atom stereocenters. The van der Waals surface area contributed by atoms with E-state index in [-0.39, 0.29) is 17.9 Å². The zero-order valence-corrected chi connectivity index (χ0v) is 14.2. The van der Waals surface area contributed by atoms with Gasteiger partial charge in [0.15, 0.2) is 13.1 Å². The largest absolute Gasteiger partial charge is 0.351 e. The van der Waals surface area contributed by atoms with E-state index in [0.717, 1.165) is 30.6 Å². The molecule has 0 bridgehead atoms. The lowest BCUT2D eigenvalue weighted by molar-refractivity contribution is -0.862. The van der Waals surface area contributed by atoms with Gasteiger partial charge in [-0.2, -0.15) is 0 Å². The summed E-state index contributed by atoms with van der Waals surface area (Å²) in [5.74, 6) is 0.00709. The molecule has 126 valence electrons. The summed E-state index contributed by atoms with van der Waals surface area (Å²) in [6.45, 7) is 3.36. The summed E-state index contributed by atoms with van der Waals surface area (Å²) in [7, 11) is 1.87. The summed E-state index contributed by atoms with van der Waals surface area (Å²) < 4.78 is 0. The van der Waals surface area contributed by atoms with Gasteiger partial charge in [-0.05, 0) is 36.8 Å². The van der Waals surface area contributed by atoms with Gasteiger partial charge in [0.2, 0.25) is 0 Å². The van der Waals surface area contributed by atoms with Crippen LogP contribution in [0.2, 0.25) is 0 Å². The van der Waals surface area contributed by atoms with Crippen LogP contribution in [-0.4, -0.2) is 38.5 Å². The lowest BCUT2D eigenvalue weighted by atomic mass is 9.88. The van der Waals surface area contributed by atoms with Crippen LogP contribution in [0.1, 0.15) is 43.4 Å². The van der Waals surface area contributed by atoms with Crippen molar-refractivity contribution in [3.05, 3.63) is 35.4 Å². The Labute approximate surface area is 138 Å². The first-order chi connectivity index (χ1) is 11.1. The number of carbonyl (C=O) groups is 2. The summed E-state index contributed by atoms with van der Waals surface area (Å²) in [4.78, 5) is 24.9. The standard InChI is InChI=1S/C18H27N3O2/c1-3-11-19-17(22)12-21(2)13-18(23)20-16-10-6-8-14-7-4-5-9-15(14)16/h4-5,7,9,16H,3,6,8,10-13H2,1-2H3,(H,19,22)(H,20,23)/p+1/t16-/m0/s1. The van der Waals surface area contributed by atoms with Crippen LogP contribution >= 0.6 is 0 Å². The van der Waals surface area contributed by atoms with Crippen molar-refractivity contribution in [1.82, 2.24) is 10.6 Å². The quantitative estimate of drug-likeness (QED) is 0.673. The second-order valence-electron chi connectivity index (χ2n) is 6.37. The summed E-state index contributed by atoms with van der Waals surface area (Å²) in [6.07, 6.45) is 4.10. The Morgan fingerprint density at radius 1 is 1.22 bits per heavy atom. The lowest BCUT2D eigenvalue weighted by Gasteiger charge is -2.26. The number of aryl methyl sites for hydroxylation is 1. The number of likely N-dealkylation sites (N-methyl/N-ethyl adjacent to an activating group) is 1. The molecular formula is C18H28N3O2+. The van der Waals surface area contributed by atoms with Crippen LogP contribution in [0.3, 0.4) is 0 Å². The molecule has 0 heterocycles. The lowest BCUT2D eigenvalue weighted by Crippen LogP contribution is -3.11. The summed E-state index contributed by atoms with van der Waals surface area (Å²) >= 11 is 0. The smallest absolute Gasteiger partial charge is 0.275 e. The maximum Gasteiger partial charge on any atom is 0.275 e. The van der Waals surface area contributed by atoms with Crippen molar-refractivity contribution in [2.75, 3.05) is 26.7 Å². The predicted octanol–water partition coefficient (Wildman–Crippen LogP) is 0.221. The van der Waals surface area contributed by atoms with Crippen molar-refractivity contribution >= 4 is 11.8 Å². The van der Waals surface area contributed by atoms with Crippen LogP contribution in [0.4, 0.5) is 0 Å². The third kappa shape index (κ3) is 5.36. The molecule has 1 aromatic rings. The van der Waals surface area contributed by atoms with Gasteiger partial charge in [-0.25, -0.2) is 0 Å².